The fourth-order valence-electron chi connectivity index (χ4n) is 1.55. The van der Waals surface area contributed by atoms with Gasteiger partial charge in [0.05, 0.1) is 0 Å². The smallest absolute Gasteiger partial charge is 0.339 e. The van der Waals surface area contributed by atoms with Crippen LogP contribution in [0.3, 0.4) is 0 Å². The zero-order chi connectivity index (χ0) is 13.0. The number of carboxylic acids is 1. The summed E-state index contributed by atoms with van der Waals surface area (Å²) in [6, 6.07) is 2.49. The van der Waals surface area contributed by atoms with E-state index in [1.54, 1.807) is 12.1 Å². The number of aromatic carboxylic acids is 1. The van der Waals surface area contributed by atoms with Crippen LogP contribution in [0.25, 0.3) is 0 Å². The topological polar surface area (TPSA) is 83.6 Å². The molecule has 1 rings (SSSR count). The average Bonchev–Trinajstić information content (AvgIpc) is 2.25. The molecule has 0 heterocycles. The highest BCUT2D eigenvalue weighted by atomic mass is 79.9. The third-order valence-electron chi connectivity index (χ3n) is 2.45. The molecule has 0 radical (unpaired) electrons. The van der Waals surface area contributed by atoms with Gasteiger partial charge in [0.1, 0.15) is 11.3 Å². The van der Waals surface area contributed by atoms with Crippen LogP contribution < -0.4 is 5.73 Å². The summed E-state index contributed by atoms with van der Waals surface area (Å²) in [7, 11) is 0. The second-order valence-electron chi connectivity index (χ2n) is 3.63. The van der Waals surface area contributed by atoms with Crippen molar-refractivity contribution in [1.82, 2.24) is 0 Å². The highest BCUT2D eigenvalue weighted by molar-refractivity contribution is 9.10. The van der Waals surface area contributed by atoms with E-state index < -0.39 is 12.0 Å². The monoisotopic (exact) mass is 335 g/mol. The molecule has 0 bridgehead atoms. The summed E-state index contributed by atoms with van der Waals surface area (Å²) >= 11 is 3.26. The summed E-state index contributed by atoms with van der Waals surface area (Å²) in [6.45, 7) is 3.59. The van der Waals surface area contributed by atoms with Crippen molar-refractivity contribution in [3.63, 3.8) is 0 Å². The Morgan fingerprint density at radius 1 is 1.56 bits per heavy atom. The Labute approximate surface area is 120 Å². The van der Waals surface area contributed by atoms with Gasteiger partial charge in [-0.15, -0.1) is 19.0 Å². The van der Waals surface area contributed by atoms with Crippen LogP contribution in [-0.4, -0.2) is 16.2 Å². The zero-order valence-electron chi connectivity index (χ0n) is 9.60. The molecular formula is C12H15BrClNO3. The number of carbonyl (C=O) groups is 1. The number of nitrogens with two attached hydrogens (primary N) is 1. The van der Waals surface area contributed by atoms with Gasteiger partial charge in [0.25, 0.3) is 0 Å². The van der Waals surface area contributed by atoms with Gasteiger partial charge in [0.2, 0.25) is 0 Å². The number of phenols is 1. The van der Waals surface area contributed by atoms with Crippen molar-refractivity contribution in [1.29, 1.82) is 0 Å². The van der Waals surface area contributed by atoms with Crippen LogP contribution in [-0.2, 0) is 0 Å². The van der Waals surface area contributed by atoms with Crippen molar-refractivity contribution in [3.8, 4) is 5.75 Å². The maximum Gasteiger partial charge on any atom is 0.339 e. The second-order valence-corrected chi connectivity index (χ2v) is 4.49. The lowest BCUT2D eigenvalue weighted by molar-refractivity contribution is 0.0693. The molecule has 0 saturated heterocycles. The lowest BCUT2D eigenvalue weighted by Crippen LogP contribution is -2.12. The number of rotatable bonds is 5. The molecule has 0 fully saturated rings. The Hall–Kier alpha value is -1.04. The molecule has 4 N–H and O–H groups in total. The van der Waals surface area contributed by atoms with E-state index in [1.165, 1.54) is 6.07 Å². The fourth-order valence-corrected chi connectivity index (χ4v) is 2.16. The highest BCUT2D eigenvalue weighted by Crippen LogP contribution is 2.35. The summed E-state index contributed by atoms with van der Waals surface area (Å²) < 4.78 is 0.608. The van der Waals surface area contributed by atoms with Gasteiger partial charge in [-0.05, 0) is 25.0 Å². The Morgan fingerprint density at radius 2 is 2.17 bits per heavy atom. The Kier molecular flexibility index (Phi) is 6.98. The van der Waals surface area contributed by atoms with Gasteiger partial charge in [-0.3, -0.25) is 0 Å². The summed E-state index contributed by atoms with van der Waals surface area (Å²) in [5.41, 5.74) is 6.20. The van der Waals surface area contributed by atoms with Crippen molar-refractivity contribution in [3.05, 3.63) is 40.4 Å². The zero-order valence-corrected chi connectivity index (χ0v) is 12.0. The first-order valence-corrected chi connectivity index (χ1v) is 5.89. The minimum Gasteiger partial charge on any atom is -0.507 e. The standard InChI is InChI=1S/C12H14BrNO3.ClH/c1-2-3-4-9(14)10-8(13)6-5-7(11(10)15)12(16)17;/h2,5-6,9,15H,1,3-4,14H2,(H,16,17);1H/t9-;/m1./s1. The van der Waals surface area contributed by atoms with Gasteiger partial charge in [-0.2, -0.15) is 0 Å². The molecule has 4 nitrogen and oxygen atoms in total. The van der Waals surface area contributed by atoms with Gasteiger partial charge >= 0.3 is 5.97 Å². The van der Waals surface area contributed by atoms with E-state index in [2.05, 4.69) is 22.5 Å². The molecule has 0 aliphatic rings. The molecule has 0 saturated carbocycles. The minimum absolute atomic E-state index is 0. The van der Waals surface area contributed by atoms with Crippen LogP contribution >= 0.6 is 28.3 Å². The molecule has 0 amide bonds. The third-order valence-corrected chi connectivity index (χ3v) is 3.14. The largest absolute Gasteiger partial charge is 0.507 e. The molecular weight excluding hydrogens is 321 g/mol. The minimum atomic E-state index is -1.17. The number of hydrogen-bond acceptors (Lipinski definition) is 3. The molecule has 18 heavy (non-hydrogen) atoms. The molecule has 0 spiro atoms. The first-order chi connectivity index (χ1) is 7.99. The number of halogens is 2. The van der Waals surface area contributed by atoms with Crippen molar-refractivity contribution in [2.24, 2.45) is 5.73 Å². The molecule has 0 aromatic heterocycles. The van der Waals surface area contributed by atoms with Crippen LogP contribution in [0.5, 0.6) is 5.75 Å². The van der Waals surface area contributed by atoms with Crippen LogP contribution in [0.1, 0.15) is 34.8 Å². The van der Waals surface area contributed by atoms with Crippen LogP contribution in [0, 0.1) is 0 Å². The van der Waals surface area contributed by atoms with Gasteiger partial charge < -0.3 is 15.9 Å². The van der Waals surface area contributed by atoms with Crippen LogP contribution in [0.2, 0.25) is 0 Å². The predicted octanol–water partition coefficient (Wildman–Crippen LogP) is 3.24. The Morgan fingerprint density at radius 3 is 2.67 bits per heavy atom. The SMILES string of the molecule is C=CCC[C@@H](N)c1c(Br)ccc(C(=O)O)c1O.Cl. The molecule has 1 aromatic rings. The lowest BCUT2D eigenvalue weighted by atomic mass is 9.99. The normalized spacial score (nSPS) is 11.4. The summed E-state index contributed by atoms with van der Waals surface area (Å²) in [4.78, 5) is 10.9. The number of allylic oxidation sites excluding steroid dienone is 1. The quantitative estimate of drug-likeness (QED) is 0.721. The number of hydrogen-bond donors (Lipinski definition) is 3. The number of carboxylic acid groups (broad SMARTS) is 1. The van der Waals surface area contributed by atoms with Crippen molar-refractivity contribution in [2.75, 3.05) is 0 Å². The number of benzene rings is 1. The summed E-state index contributed by atoms with van der Waals surface area (Å²) in [5.74, 6) is -1.45. The molecule has 0 aliphatic heterocycles. The number of aromatic hydroxyl groups is 1. The summed E-state index contributed by atoms with van der Waals surface area (Å²) in [6.07, 6.45) is 3.02. The molecule has 6 heteroatoms. The van der Waals surface area contributed by atoms with E-state index in [0.717, 1.165) is 0 Å². The van der Waals surface area contributed by atoms with Gasteiger partial charge in [-0.25, -0.2) is 4.79 Å². The van der Waals surface area contributed by atoms with Crippen molar-refractivity contribution < 1.29 is 15.0 Å². The van der Waals surface area contributed by atoms with E-state index >= 15 is 0 Å². The molecule has 1 atom stereocenters. The van der Waals surface area contributed by atoms with E-state index in [0.29, 0.717) is 22.9 Å². The van der Waals surface area contributed by atoms with Crippen LogP contribution in [0.15, 0.2) is 29.3 Å². The van der Waals surface area contributed by atoms with Gasteiger partial charge in [0.15, 0.2) is 0 Å². The predicted molar refractivity (Wildman–Crippen MR) is 76.4 cm³/mol. The van der Waals surface area contributed by atoms with Gasteiger partial charge in [0, 0.05) is 16.1 Å². The van der Waals surface area contributed by atoms with Crippen molar-refractivity contribution >= 4 is 34.3 Å². The average molecular weight is 337 g/mol. The Bertz CT molecular complexity index is 451. The molecule has 100 valence electrons. The first-order valence-electron chi connectivity index (χ1n) is 5.10. The van der Waals surface area contributed by atoms with Gasteiger partial charge in [-0.1, -0.05) is 22.0 Å². The van der Waals surface area contributed by atoms with E-state index in [-0.39, 0.29) is 23.7 Å². The fraction of sp³-hybridized carbons (Fsp3) is 0.250. The molecule has 1 aromatic carbocycles. The Balaban J connectivity index is 0.00000289. The first kappa shape index (κ1) is 17.0. The lowest BCUT2D eigenvalue weighted by Gasteiger charge is -2.16. The molecule has 0 unspecified atom stereocenters. The van der Waals surface area contributed by atoms with Crippen LogP contribution in [0.4, 0.5) is 0 Å². The highest BCUT2D eigenvalue weighted by Gasteiger charge is 2.20. The molecule has 0 aliphatic carbocycles. The van der Waals surface area contributed by atoms with E-state index in [1.807, 2.05) is 0 Å². The maximum atomic E-state index is 10.9. The third kappa shape index (κ3) is 3.73. The maximum absolute atomic E-state index is 10.9. The van der Waals surface area contributed by atoms with Crippen molar-refractivity contribution in [2.45, 2.75) is 18.9 Å². The van der Waals surface area contributed by atoms with E-state index in [4.69, 9.17) is 10.8 Å². The summed E-state index contributed by atoms with van der Waals surface area (Å²) in [5, 5.41) is 18.8. The second kappa shape index (κ2) is 7.41. The van der Waals surface area contributed by atoms with E-state index in [9.17, 15) is 9.90 Å².